The average Bonchev–Trinajstić information content (AvgIpc) is 2.32. The standard InChI is InChI=1S/C15H29NO2/c1-12(2)13-6-7-15(17)14(10-13)11-16(3)8-5-9-18-4/h12-14H,5-11H2,1-4H3. The van der Waals surface area contributed by atoms with Crippen molar-refractivity contribution in [3.05, 3.63) is 0 Å². The molecule has 0 bridgehead atoms. The van der Waals surface area contributed by atoms with Gasteiger partial charge in [0.15, 0.2) is 0 Å². The molecule has 18 heavy (non-hydrogen) atoms. The Labute approximate surface area is 112 Å². The number of carbonyl (C=O) groups excluding carboxylic acids is 1. The van der Waals surface area contributed by atoms with Crippen LogP contribution in [0.1, 0.15) is 39.5 Å². The number of ether oxygens (including phenoxy) is 1. The molecule has 3 heteroatoms. The van der Waals surface area contributed by atoms with E-state index in [-0.39, 0.29) is 5.92 Å². The van der Waals surface area contributed by atoms with E-state index in [4.69, 9.17) is 4.74 Å². The first kappa shape index (κ1) is 15.6. The molecule has 1 fully saturated rings. The predicted octanol–water partition coefficient (Wildman–Crippen LogP) is 2.60. The molecule has 0 aromatic carbocycles. The fraction of sp³-hybridized carbons (Fsp3) is 0.933. The van der Waals surface area contributed by atoms with E-state index >= 15 is 0 Å². The molecule has 0 aromatic heterocycles. The third kappa shape index (κ3) is 5.07. The summed E-state index contributed by atoms with van der Waals surface area (Å²) in [6.45, 7) is 7.30. The minimum atomic E-state index is 0.263. The molecule has 1 saturated carbocycles. The first-order valence-corrected chi connectivity index (χ1v) is 7.24. The first-order valence-electron chi connectivity index (χ1n) is 7.24. The predicted molar refractivity (Wildman–Crippen MR) is 74.7 cm³/mol. The highest BCUT2D eigenvalue weighted by Crippen LogP contribution is 2.31. The maximum atomic E-state index is 12.0. The quantitative estimate of drug-likeness (QED) is 0.655. The molecule has 1 rings (SSSR count). The second kappa shape index (κ2) is 7.90. The summed E-state index contributed by atoms with van der Waals surface area (Å²) in [5.41, 5.74) is 0. The summed E-state index contributed by atoms with van der Waals surface area (Å²) in [7, 11) is 3.85. The van der Waals surface area contributed by atoms with E-state index in [1.807, 2.05) is 0 Å². The van der Waals surface area contributed by atoms with Gasteiger partial charge in [-0.1, -0.05) is 13.8 Å². The van der Waals surface area contributed by atoms with Crippen molar-refractivity contribution in [1.29, 1.82) is 0 Å². The van der Waals surface area contributed by atoms with Crippen molar-refractivity contribution in [2.24, 2.45) is 17.8 Å². The highest BCUT2D eigenvalue weighted by atomic mass is 16.5. The number of rotatable bonds is 7. The fourth-order valence-electron chi connectivity index (χ4n) is 2.87. The molecule has 0 saturated heterocycles. The summed E-state index contributed by atoms with van der Waals surface area (Å²) in [5, 5.41) is 0. The summed E-state index contributed by atoms with van der Waals surface area (Å²) < 4.78 is 5.06. The van der Waals surface area contributed by atoms with Gasteiger partial charge in [-0.25, -0.2) is 0 Å². The number of methoxy groups -OCH3 is 1. The van der Waals surface area contributed by atoms with Gasteiger partial charge in [0.05, 0.1) is 0 Å². The molecule has 0 aromatic rings. The summed E-state index contributed by atoms with van der Waals surface area (Å²) in [5.74, 6) is 2.18. The fourth-order valence-corrected chi connectivity index (χ4v) is 2.87. The van der Waals surface area contributed by atoms with Gasteiger partial charge >= 0.3 is 0 Å². The monoisotopic (exact) mass is 255 g/mol. The molecule has 0 radical (unpaired) electrons. The van der Waals surface area contributed by atoms with E-state index < -0.39 is 0 Å². The molecule has 1 aliphatic carbocycles. The number of hydrogen-bond donors (Lipinski definition) is 0. The van der Waals surface area contributed by atoms with Crippen molar-refractivity contribution in [3.63, 3.8) is 0 Å². The van der Waals surface area contributed by atoms with Crippen LogP contribution in [-0.4, -0.2) is 44.5 Å². The zero-order valence-corrected chi connectivity index (χ0v) is 12.4. The van der Waals surface area contributed by atoms with Crippen LogP contribution in [0.25, 0.3) is 0 Å². The molecular weight excluding hydrogens is 226 g/mol. The molecule has 0 amide bonds. The lowest BCUT2D eigenvalue weighted by Gasteiger charge is -2.32. The molecule has 0 aliphatic heterocycles. The van der Waals surface area contributed by atoms with Gasteiger partial charge in [-0.2, -0.15) is 0 Å². The molecule has 0 spiro atoms. The van der Waals surface area contributed by atoms with Crippen LogP contribution in [0.3, 0.4) is 0 Å². The third-order valence-corrected chi connectivity index (χ3v) is 4.17. The lowest BCUT2D eigenvalue weighted by atomic mass is 9.75. The lowest BCUT2D eigenvalue weighted by Crippen LogP contribution is -2.36. The molecule has 106 valence electrons. The van der Waals surface area contributed by atoms with Crippen LogP contribution in [0, 0.1) is 17.8 Å². The molecule has 2 atom stereocenters. The molecule has 0 heterocycles. The van der Waals surface area contributed by atoms with Gasteiger partial charge < -0.3 is 9.64 Å². The Morgan fingerprint density at radius 2 is 2.17 bits per heavy atom. The van der Waals surface area contributed by atoms with Crippen molar-refractivity contribution in [2.45, 2.75) is 39.5 Å². The van der Waals surface area contributed by atoms with Crippen molar-refractivity contribution < 1.29 is 9.53 Å². The van der Waals surface area contributed by atoms with Gasteiger partial charge in [0.2, 0.25) is 0 Å². The van der Waals surface area contributed by atoms with Crippen molar-refractivity contribution in [3.8, 4) is 0 Å². The highest BCUT2D eigenvalue weighted by Gasteiger charge is 2.30. The van der Waals surface area contributed by atoms with E-state index in [0.717, 1.165) is 51.3 Å². The number of hydrogen-bond acceptors (Lipinski definition) is 3. The maximum absolute atomic E-state index is 12.0. The van der Waals surface area contributed by atoms with E-state index in [9.17, 15) is 4.79 Å². The van der Waals surface area contributed by atoms with Crippen LogP contribution in [0.15, 0.2) is 0 Å². The van der Waals surface area contributed by atoms with Crippen LogP contribution in [0.5, 0.6) is 0 Å². The smallest absolute Gasteiger partial charge is 0.137 e. The van der Waals surface area contributed by atoms with E-state index in [1.54, 1.807) is 7.11 Å². The molecular formula is C15H29NO2. The first-order chi connectivity index (χ1) is 8.54. The van der Waals surface area contributed by atoms with Crippen LogP contribution >= 0.6 is 0 Å². The van der Waals surface area contributed by atoms with Gasteiger partial charge in [0.1, 0.15) is 5.78 Å². The molecule has 0 N–H and O–H groups in total. The Morgan fingerprint density at radius 3 is 2.78 bits per heavy atom. The van der Waals surface area contributed by atoms with Gasteiger partial charge in [-0.3, -0.25) is 4.79 Å². The summed E-state index contributed by atoms with van der Waals surface area (Å²) in [4.78, 5) is 14.3. The number of ketones is 1. The Kier molecular flexibility index (Phi) is 6.87. The molecule has 2 unspecified atom stereocenters. The highest BCUT2D eigenvalue weighted by molar-refractivity contribution is 5.81. The maximum Gasteiger partial charge on any atom is 0.137 e. The van der Waals surface area contributed by atoms with Crippen LogP contribution in [-0.2, 0) is 9.53 Å². The number of nitrogens with zero attached hydrogens (tertiary/aromatic N) is 1. The Hall–Kier alpha value is -0.410. The van der Waals surface area contributed by atoms with Crippen LogP contribution in [0.4, 0.5) is 0 Å². The number of carbonyl (C=O) groups is 1. The third-order valence-electron chi connectivity index (χ3n) is 4.17. The van der Waals surface area contributed by atoms with Crippen molar-refractivity contribution >= 4 is 5.78 Å². The van der Waals surface area contributed by atoms with E-state index in [0.29, 0.717) is 11.7 Å². The van der Waals surface area contributed by atoms with Gasteiger partial charge in [0.25, 0.3) is 0 Å². The van der Waals surface area contributed by atoms with E-state index in [1.165, 1.54) is 0 Å². The van der Waals surface area contributed by atoms with Gasteiger partial charge in [-0.15, -0.1) is 0 Å². The summed E-state index contributed by atoms with van der Waals surface area (Å²) >= 11 is 0. The largest absolute Gasteiger partial charge is 0.385 e. The number of Topliss-reactive ketones (excluding diaryl/α,β-unsaturated/α-hetero) is 1. The SMILES string of the molecule is COCCCN(C)CC1CC(C(C)C)CCC1=O. The molecule has 1 aliphatic rings. The van der Waals surface area contributed by atoms with Crippen LogP contribution < -0.4 is 0 Å². The van der Waals surface area contributed by atoms with Crippen molar-refractivity contribution in [1.82, 2.24) is 4.90 Å². The molecule has 3 nitrogen and oxygen atoms in total. The van der Waals surface area contributed by atoms with Crippen molar-refractivity contribution in [2.75, 3.05) is 33.9 Å². The van der Waals surface area contributed by atoms with Gasteiger partial charge in [-0.05, 0) is 38.1 Å². The second-order valence-electron chi connectivity index (χ2n) is 6.05. The minimum Gasteiger partial charge on any atom is -0.385 e. The Bertz CT molecular complexity index is 253. The zero-order valence-electron chi connectivity index (χ0n) is 12.4. The Balaban J connectivity index is 2.36. The lowest BCUT2D eigenvalue weighted by molar-refractivity contribution is -0.126. The van der Waals surface area contributed by atoms with E-state index in [2.05, 4.69) is 25.8 Å². The van der Waals surface area contributed by atoms with Crippen LogP contribution in [0.2, 0.25) is 0 Å². The Morgan fingerprint density at radius 1 is 1.44 bits per heavy atom. The summed E-state index contributed by atoms with van der Waals surface area (Å²) in [6, 6.07) is 0. The normalized spacial score (nSPS) is 25.1. The summed E-state index contributed by atoms with van der Waals surface area (Å²) in [6.07, 6.45) is 4.02. The van der Waals surface area contributed by atoms with Gasteiger partial charge in [0, 0.05) is 39.1 Å². The zero-order chi connectivity index (χ0) is 13.5. The minimum absolute atomic E-state index is 0.263. The second-order valence-corrected chi connectivity index (χ2v) is 6.05. The average molecular weight is 255 g/mol. The topological polar surface area (TPSA) is 29.5 Å².